The van der Waals surface area contributed by atoms with Gasteiger partial charge in [-0.2, -0.15) is 0 Å². The summed E-state index contributed by atoms with van der Waals surface area (Å²) in [4.78, 5) is 11.8. The first kappa shape index (κ1) is 13.0. The summed E-state index contributed by atoms with van der Waals surface area (Å²) in [6.07, 6.45) is 2.10. The van der Waals surface area contributed by atoms with Gasteiger partial charge >= 0.3 is 0 Å². The maximum atomic E-state index is 5.57. The molecular formula is C13H19N3O2. The molecule has 2 rings (SSSR count). The Labute approximate surface area is 107 Å². The zero-order chi connectivity index (χ0) is 13.0. The second kappa shape index (κ2) is 5.93. The molecule has 0 unspecified atom stereocenters. The molecule has 0 aliphatic carbocycles. The van der Waals surface area contributed by atoms with Crippen LogP contribution in [0.5, 0.6) is 0 Å². The standard InChI is InChI=1S/C13H19N3O2/c1-4-9-12-10(15-8-14-9)7-11(16-12)13(17-5-2)18-6-3/h7-8,13,16H,4-6H2,1-3H3. The molecule has 0 spiro atoms. The second-order valence-electron chi connectivity index (χ2n) is 3.90. The zero-order valence-corrected chi connectivity index (χ0v) is 11.1. The molecule has 0 amide bonds. The first-order valence-corrected chi connectivity index (χ1v) is 6.35. The predicted molar refractivity (Wildman–Crippen MR) is 69.3 cm³/mol. The second-order valence-corrected chi connectivity index (χ2v) is 3.90. The summed E-state index contributed by atoms with van der Waals surface area (Å²) in [5, 5.41) is 0. The molecule has 0 saturated heterocycles. The third kappa shape index (κ3) is 2.52. The Bertz CT molecular complexity index is 504. The van der Waals surface area contributed by atoms with Crippen molar-refractivity contribution in [3.8, 4) is 0 Å². The molecule has 98 valence electrons. The number of fused-ring (bicyclic) bond motifs is 1. The highest BCUT2D eigenvalue weighted by atomic mass is 16.7. The van der Waals surface area contributed by atoms with Crippen LogP contribution in [0.3, 0.4) is 0 Å². The molecule has 0 bridgehead atoms. The Morgan fingerprint density at radius 3 is 2.50 bits per heavy atom. The van der Waals surface area contributed by atoms with Gasteiger partial charge in [0.2, 0.25) is 0 Å². The van der Waals surface area contributed by atoms with Gasteiger partial charge in [-0.3, -0.25) is 0 Å². The normalized spacial score (nSPS) is 11.6. The first-order chi connectivity index (χ1) is 8.80. The Morgan fingerprint density at radius 2 is 1.89 bits per heavy atom. The lowest BCUT2D eigenvalue weighted by molar-refractivity contribution is -0.142. The third-order valence-electron chi connectivity index (χ3n) is 2.74. The van der Waals surface area contributed by atoms with E-state index in [2.05, 4.69) is 21.9 Å². The fourth-order valence-corrected chi connectivity index (χ4v) is 1.94. The number of nitrogens with zero attached hydrogens (tertiary/aromatic N) is 2. The average Bonchev–Trinajstić information content (AvgIpc) is 2.82. The van der Waals surface area contributed by atoms with Crippen LogP contribution in [0.1, 0.15) is 38.4 Å². The topological polar surface area (TPSA) is 60.0 Å². The number of aryl methyl sites for hydroxylation is 1. The van der Waals surface area contributed by atoms with Crippen LogP contribution in [-0.4, -0.2) is 28.2 Å². The Hall–Kier alpha value is -1.46. The minimum absolute atomic E-state index is 0.362. The van der Waals surface area contributed by atoms with Crippen molar-refractivity contribution in [1.29, 1.82) is 0 Å². The molecule has 0 fully saturated rings. The summed E-state index contributed by atoms with van der Waals surface area (Å²) in [5.74, 6) is 0. The van der Waals surface area contributed by atoms with Crippen molar-refractivity contribution >= 4 is 11.0 Å². The summed E-state index contributed by atoms with van der Waals surface area (Å²) in [6.45, 7) is 7.18. The van der Waals surface area contributed by atoms with E-state index in [0.717, 1.165) is 28.8 Å². The van der Waals surface area contributed by atoms with Gasteiger partial charge in [0.25, 0.3) is 0 Å². The number of hydrogen-bond acceptors (Lipinski definition) is 4. The zero-order valence-electron chi connectivity index (χ0n) is 11.1. The van der Waals surface area contributed by atoms with Crippen molar-refractivity contribution < 1.29 is 9.47 Å². The Morgan fingerprint density at radius 1 is 1.17 bits per heavy atom. The van der Waals surface area contributed by atoms with Gasteiger partial charge in [0.15, 0.2) is 6.29 Å². The molecule has 0 aliphatic rings. The van der Waals surface area contributed by atoms with Crippen molar-refractivity contribution in [2.24, 2.45) is 0 Å². The minimum atomic E-state index is -0.362. The number of ether oxygens (including phenoxy) is 2. The van der Waals surface area contributed by atoms with Gasteiger partial charge in [0, 0.05) is 13.2 Å². The first-order valence-electron chi connectivity index (χ1n) is 6.35. The van der Waals surface area contributed by atoms with E-state index < -0.39 is 0 Å². The van der Waals surface area contributed by atoms with E-state index in [9.17, 15) is 0 Å². The van der Waals surface area contributed by atoms with E-state index in [4.69, 9.17) is 9.47 Å². The quantitative estimate of drug-likeness (QED) is 0.799. The molecule has 5 heteroatoms. The number of hydrogen-bond donors (Lipinski definition) is 1. The number of H-pyrrole nitrogens is 1. The van der Waals surface area contributed by atoms with Crippen molar-refractivity contribution in [3.63, 3.8) is 0 Å². The van der Waals surface area contributed by atoms with Crippen LogP contribution < -0.4 is 0 Å². The van der Waals surface area contributed by atoms with Crippen LogP contribution in [-0.2, 0) is 15.9 Å². The van der Waals surface area contributed by atoms with Gasteiger partial charge in [-0.15, -0.1) is 0 Å². The molecule has 0 radical (unpaired) electrons. The number of nitrogens with one attached hydrogen (secondary N) is 1. The fraction of sp³-hybridized carbons (Fsp3) is 0.538. The van der Waals surface area contributed by atoms with Crippen LogP contribution in [0.25, 0.3) is 11.0 Å². The fourth-order valence-electron chi connectivity index (χ4n) is 1.94. The van der Waals surface area contributed by atoms with E-state index in [1.807, 2.05) is 19.9 Å². The smallest absolute Gasteiger partial charge is 0.198 e. The molecule has 2 heterocycles. The Balaban J connectivity index is 2.38. The van der Waals surface area contributed by atoms with E-state index in [1.54, 1.807) is 6.33 Å². The van der Waals surface area contributed by atoms with Crippen LogP contribution >= 0.6 is 0 Å². The van der Waals surface area contributed by atoms with Crippen LogP contribution in [0.2, 0.25) is 0 Å². The molecule has 18 heavy (non-hydrogen) atoms. The van der Waals surface area contributed by atoms with Gasteiger partial charge in [-0.1, -0.05) is 6.92 Å². The molecule has 2 aromatic heterocycles. The molecular weight excluding hydrogens is 230 g/mol. The molecule has 0 aliphatic heterocycles. The summed E-state index contributed by atoms with van der Waals surface area (Å²) >= 11 is 0. The Kier molecular flexibility index (Phi) is 4.28. The molecule has 0 atom stereocenters. The summed E-state index contributed by atoms with van der Waals surface area (Å²) < 4.78 is 11.1. The van der Waals surface area contributed by atoms with E-state index in [-0.39, 0.29) is 6.29 Å². The van der Waals surface area contributed by atoms with Gasteiger partial charge in [-0.05, 0) is 26.3 Å². The molecule has 0 aromatic carbocycles. The molecule has 1 N–H and O–H groups in total. The van der Waals surface area contributed by atoms with Gasteiger partial charge in [0.05, 0.1) is 22.4 Å². The van der Waals surface area contributed by atoms with Crippen LogP contribution in [0.4, 0.5) is 0 Å². The summed E-state index contributed by atoms with van der Waals surface area (Å²) in [5.41, 5.74) is 3.78. The monoisotopic (exact) mass is 249 g/mol. The van der Waals surface area contributed by atoms with E-state index in [0.29, 0.717) is 13.2 Å². The average molecular weight is 249 g/mol. The highest BCUT2D eigenvalue weighted by molar-refractivity contribution is 5.78. The predicted octanol–water partition coefficient (Wildman–Crippen LogP) is 2.59. The molecule has 5 nitrogen and oxygen atoms in total. The number of aromatic nitrogens is 3. The maximum absolute atomic E-state index is 5.57. The highest BCUT2D eigenvalue weighted by Gasteiger charge is 2.16. The SMILES string of the molecule is CCOC(OCC)c1cc2ncnc(CC)c2[nH]1. The number of aromatic amines is 1. The third-order valence-corrected chi connectivity index (χ3v) is 2.74. The van der Waals surface area contributed by atoms with E-state index >= 15 is 0 Å². The van der Waals surface area contributed by atoms with E-state index in [1.165, 1.54) is 0 Å². The number of rotatable bonds is 6. The van der Waals surface area contributed by atoms with Crippen LogP contribution in [0.15, 0.2) is 12.4 Å². The lowest BCUT2D eigenvalue weighted by atomic mass is 10.3. The largest absolute Gasteiger partial charge is 0.351 e. The maximum Gasteiger partial charge on any atom is 0.198 e. The van der Waals surface area contributed by atoms with Gasteiger partial charge in [-0.25, -0.2) is 9.97 Å². The summed E-state index contributed by atoms with van der Waals surface area (Å²) in [6, 6.07) is 1.96. The van der Waals surface area contributed by atoms with Gasteiger partial charge in [0.1, 0.15) is 6.33 Å². The lowest BCUT2D eigenvalue weighted by Gasteiger charge is -2.15. The van der Waals surface area contributed by atoms with Crippen molar-refractivity contribution in [2.75, 3.05) is 13.2 Å². The van der Waals surface area contributed by atoms with Gasteiger partial charge < -0.3 is 14.5 Å². The minimum Gasteiger partial charge on any atom is -0.351 e. The molecule has 2 aromatic rings. The van der Waals surface area contributed by atoms with Crippen molar-refractivity contribution in [2.45, 2.75) is 33.5 Å². The summed E-state index contributed by atoms with van der Waals surface area (Å²) in [7, 11) is 0. The van der Waals surface area contributed by atoms with Crippen molar-refractivity contribution in [3.05, 3.63) is 23.8 Å². The molecule has 0 saturated carbocycles. The highest BCUT2D eigenvalue weighted by Crippen LogP contribution is 2.23. The lowest BCUT2D eigenvalue weighted by Crippen LogP contribution is -2.09. The van der Waals surface area contributed by atoms with Crippen molar-refractivity contribution in [1.82, 2.24) is 15.0 Å². The van der Waals surface area contributed by atoms with Crippen LogP contribution in [0, 0.1) is 0 Å².